The molecule has 1 spiro atoms. The minimum Gasteiger partial charge on any atom is -0.463 e. The molecule has 1 N–H and O–H groups in total. The Hall–Kier alpha value is -3.24. The topological polar surface area (TPSA) is 135 Å². The molecule has 0 aromatic heterocycles. The van der Waals surface area contributed by atoms with E-state index in [2.05, 4.69) is 0 Å². The Morgan fingerprint density at radius 2 is 1.85 bits per heavy atom. The second-order valence-electron chi connectivity index (χ2n) is 12.3. The molecule has 2 saturated carbocycles. The van der Waals surface area contributed by atoms with Gasteiger partial charge in [0.05, 0.1) is 23.2 Å². The van der Waals surface area contributed by atoms with Crippen LogP contribution in [0.2, 0.25) is 0 Å². The van der Waals surface area contributed by atoms with Crippen LogP contribution in [0.5, 0.6) is 0 Å². The van der Waals surface area contributed by atoms with Gasteiger partial charge in [0.2, 0.25) is 0 Å². The molecule has 41 heavy (non-hydrogen) atoms. The molecule has 0 bridgehead atoms. The molecule has 1 aromatic carbocycles. The first-order valence-corrected chi connectivity index (χ1v) is 14.1. The third-order valence-corrected chi connectivity index (χ3v) is 10.1. The monoisotopic (exact) mass is 570 g/mol. The first-order valence-electron chi connectivity index (χ1n) is 14.1. The molecule has 0 radical (unpaired) electrons. The average molecular weight is 571 g/mol. The van der Waals surface area contributed by atoms with E-state index >= 15 is 0 Å². The summed E-state index contributed by atoms with van der Waals surface area (Å²) >= 11 is 0. The lowest BCUT2D eigenvalue weighted by atomic mass is 9.38. The number of esters is 4. The molecule has 2 unspecified atom stereocenters. The molecular weight excluding hydrogens is 532 g/mol. The third kappa shape index (κ3) is 4.74. The molecule has 2 heterocycles. The Kier molecular flexibility index (Phi) is 7.53. The van der Waals surface area contributed by atoms with Crippen LogP contribution in [0.3, 0.4) is 0 Å². The van der Waals surface area contributed by atoms with Crippen molar-refractivity contribution in [3.05, 3.63) is 47.5 Å². The zero-order chi connectivity index (χ0) is 29.6. The first kappa shape index (κ1) is 29.3. The lowest BCUT2D eigenvalue weighted by Gasteiger charge is -2.73. The second kappa shape index (κ2) is 10.5. The van der Waals surface area contributed by atoms with Crippen LogP contribution in [0, 0.1) is 16.7 Å². The van der Waals surface area contributed by atoms with Gasteiger partial charge in [0.1, 0.15) is 31.0 Å². The number of benzene rings is 1. The molecule has 2 aliphatic carbocycles. The maximum Gasteiger partial charge on any atom is 0.338 e. The van der Waals surface area contributed by atoms with Gasteiger partial charge in [-0.25, -0.2) is 9.59 Å². The van der Waals surface area contributed by atoms with Crippen LogP contribution in [0.25, 0.3) is 0 Å². The molecule has 3 fully saturated rings. The summed E-state index contributed by atoms with van der Waals surface area (Å²) in [6.07, 6.45) is 1.91. The third-order valence-electron chi connectivity index (χ3n) is 10.1. The summed E-state index contributed by atoms with van der Waals surface area (Å²) in [5.74, 6) is -2.32. The highest BCUT2D eigenvalue weighted by Gasteiger charge is 2.79. The van der Waals surface area contributed by atoms with Crippen LogP contribution < -0.4 is 0 Å². The van der Waals surface area contributed by atoms with Crippen LogP contribution in [-0.4, -0.2) is 72.2 Å². The summed E-state index contributed by atoms with van der Waals surface area (Å²) in [7, 11) is 0. The molecule has 1 aromatic rings. The van der Waals surface area contributed by atoms with Crippen molar-refractivity contribution in [2.24, 2.45) is 16.7 Å². The van der Waals surface area contributed by atoms with Gasteiger partial charge in [0.25, 0.3) is 0 Å². The van der Waals surface area contributed by atoms with E-state index in [0.29, 0.717) is 30.4 Å². The number of rotatable bonds is 8. The zero-order valence-electron chi connectivity index (χ0n) is 24.0. The van der Waals surface area contributed by atoms with Gasteiger partial charge >= 0.3 is 23.9 Å². The molecule has 10 heteroatoms. The van der Waals surface area contributed by atoms with Crippen molar-refractivity contribution in [2.45, 2.75) is 83.2 Å². The fourth-order valence-electron chi connectivity index (χ4n) is 7.90. The molecule has 1 saturated heterocycles. The number of ether oxygens (including phenoxy) is 5. The number of carbonyl (C=O) groups excluding carboxylic acids is 4. The van der Waals surface area contributed by atoms with Crippen molar-refractivity contribution < 1.29 is 48.0 Å². The number of cyclic esters (lactones) is 1. The molecule has 222 valence electrons. The van der Waals surface area contributed by atoms with E-state index in [0.717, 1.165) is 0 Å². The van der Waals surface area contributed by atoms with Crippen molar-refractivity contribution in [3.8, 4) is 0 Å². The van der Waals surface area contributed by atoms with E-state index < -0.39 is 58.1 Å². The highest BCUT2D eigenvalue weighted by atomic mass is 16.6. The second-order valence-corrected chi connectivity index (χ2v) is 12.3. The van der Waals surface area contributed by atoms with E-state index in [4.69, 9.17) is 23.7 Å². The summed E-state index contributed by atoms with van der Waals surface area (Å²) in [4.78, 5) is 49.6. The minimum atomic E-state index is -1.48. The Bertz CT molecular complexity index is 1250. The van der Waals surface area contributed by atoms with Gasteiger partial charge in [-0.3, -0.25) is 9.59 Å². The van der Waals surface area contributed by atoms with Gasteiger partial charge in [-0.15, -0.1) is 0 Å². The van der Waals surface area contributed by atoms with Crippen molar-refractivity contribution in [3.63, 3.8) is 0 Å². The fourth-order valence-corrected chi connectivity index (χ4v) is 7.90. The van der Waals surface area contributed by atoms with Gasteiger partial charge in [-0.2, -0.15) is 0 Å². The van der Waals surface area contributed by atoms with Crippen molar-refractivity contribution in [1.29, 1.82) is 0 Å². The SMILES string of the molecule is CC(=O)OC[C@@]12CCC[C@H]3[C@](C)(C(CC4=CC(=O)OC4)OC(C)=O)[C@](C)(O)CC(OC(=O)c4ccccc4)[C@@]31CO2. The lowest BCUT2D eigenvalue weighted by Crippen LogP contribution is -2.82. The van der Waals surface area contributed by atoms with E-state index in [1.165, 1.54) is 19.9 Å². The number of hydrogen-bond donors (Lipinski definition) is 1. The minimum absolute atomic E-state index is 0.0256. The summed E-state index contributed by atoms with van der Waals surface area (Å²) < 4.78 is 29.1. The number of carbonyl (C=O) groups is 4. The van der Waals surface area contributed by atoms with Gasteiger partial charge in [0, 0.05) is 38.2 Å². The van der Waals surface area contributed by atoms with E-state index in [1.54, 1.807) is 37.3 Å². The van der Waals surface area contributed by atoms with Crippen molar-refractivity contribution in [2.75, 3.05) is 19.8 Å². The van der Waals surface area contributed by atoms with Gasteiger partial charge < -0.3 is 28.8 Å². The summed E-state index contributed by atoms with van der Waals surface area (Å²) in [6.45, 7) is 6.52. The van der Waals surface area contributed by atoms with Crippen LogP contribution in [0.15, 0.2) is 42.0 Å². The van der Waals surface area contributed by atoms with E-state index in [-0.39, 0.29) is 38.6 Å². The lowest BCUT2D eigenvalue weighted by molar-refractivity contribution is -0.395. The molecule has 7 atom stereocenters. The van der Waals surface area contributed by atoms with Crippen LogP contribution in [0.1, 0.15) is 70.2 Å². The average Bonchev–Trinajstić information content (AvgIpc) is 3.31. The largest absolute Gasteiger partial charge is 0.463 e. The van der Waals surface area contributed by atoms with Gasteiger partial charge in [-0.05, 0) is 43.4 Å². The smallest absolute Gasteiger partial charge is 0.338 e. The van der Waals surface area contributed by atoms with Crippen molar-refractivity contribution >= 4 is 23.9 Å². The first-order chi connectivity index (χ1) is 19.3. The maximum absolute atomic E-state index is 13.4. The molecule has 5 rings (SSSR count). The quantitative estimate of drug-likeness (QED) is 0.366. The van der Waals surface area contributed by atoms with Crippen LogP contribution >= 0.6 is 0 Å². The molecule has 0 amide bonds. The van der Waals surface area contributed by atoms with Crippen LogP contribution in [-0.2, 0) is 38.1 Å². The van der Waals surface area contributed by atoms with Gasteiger partial charge in [-0.1, -0.05) is 31.5 Å². The van der Waals surface area contributed by atoms with E-state index in [9.17, 15) is 24.3 Å². The number of hydrogen-bond acceptors (Lipinski definition) is 10. The highest BCUT2D eigenvalue weighted by Crippen LogP contribution is 2.71. The maximum atomic E-state index is 13.4. The predicted octanol–water partition coefficient (Wildman–Crippen LogP) is 3.30. The Morgan fingerprint density at radius 3 is 2.44 bits per heavy atom. The summed E-state index contributed by atoms with van der Waals surface area (Å²) in [6, 6.07) is 8.64. The normalized spacial score (nSPS) is 36.4. The summed E-state index contributed by atoms with van der Waals surface area (Å²) in [5.41, 5.74) is -3.28. The summed E-state index contributed by atoms with van der Waals surface area (Å²) in [5, 5.41) is 12.3. The molecular formula is C31H38O10. The fraction of sp³-hybridized carbons (Fsp3) is 0.613. The Balaban J connectivity index is 1.60. The van der Waals surface area contributed by atoms with Crippen molar-refractivity contribution in [1.82, 2.24) is 0 Å². The van der Waals surface area contributed by atoms with E-state index in [1.807, 2.05) is 6.92 Å². The standard InChI is InChI=1S/C31H38O10/c1-19(32)38-17-30-12-8-11-23-29(4,24(40-20(2)33)13-21-14-26(34)37-16-21)28(3,36)15-25(31(23,30)18-39-30)41-27(35)22-9-6-5-7-10-22/h5-7,9-10,14,23-25,36H,8,11-13,15-18H2,1-4H3/t23-,24?,25?,28+,29+,30-,31+/m0/s1. The highest BCUT2D eigenvalue weighted by molar-refractivity contribution is 5.89. The Labute approximate surface area is 239 Å². The predicted molar refractivity (Wildman–Crippen MR) is 143 cm³/mol. The van der Waals surface area contributed by atoms with Gasteiger partial charge in [0.15, 0.2) is 0 Å². The van der Waals surface area contributed by atoms with Crippen LogP contribution in [0.4, 0.5) is 0 Å². The number of aliphatic hydroxyl groups is 1. The molecule has 10 nitrogen and oxygen atoms in total. The molecule has 4 aliphatic rings. The molecule has 2 aliphatic heterocycles. The zero-order valence-corrected chi connectivity index (χ0v) is 24.0. The Morgan fingerprint density at radius 1 is 1.12 bits per heavy atom.